The zero-order valence-electron chi connectivity index (χ0n) is 20.0. The van der Waals surface area contributed by atoms with Crippen molar-refractivity contribution in [1.82, 2.24) is 40.4 Å². The van der Waals surface area contributed by atoms with Crippen LogP contribution >= 0.6 is 0 Å². The largest absolute Gasteiger partial charge is 0.285 e. The number of aromatic nitrogens is 8. The second-order valence-electron chi connectivity index (χ2n) is 8.53. The minimum absolute atomic E-state index is 0.160. The van der Waals surface area contributed by atoms with E-state index in [-0.39, 0.29) is 11.6 Å². The summed E-state index contributed by atoms with van der Waals surface area (Å²) >= 11 is 0. The minimum atomic E-state index is -0.160. The normalized spacial score (nSPS) is 11.0. The molecule has 0 spiro atoms. The molecule has 36 heavy (non-hydrogen) atoms. The third-order valence-corrected chi connectivity index (χ3v) is 6.01. The van der Waals surface area contributed by atoms with Gasteiger partial charge in [0.15, 0.2) is 5.82 Å². The van der Waals surface area contributed by atoms with Crippen molar-refractivity contribution in [3.8, 4) is 22.5 Å². The fraction of sp³-hybridized carbons (Fsp3) is 0.222. The predicted molar refractivity (Wildman–Crippen MR) is 135 cm³/mol. The third-order valence-electron chi connectivity index (χ3n) is 6.01. The van der Waals surface area contributed by atoms with Crippen molar-refractivity contribution in [2.45, 2.75) is 39.2 Å². The average molecular weight is 479 g/mol. The van der Waals surface area contributed by atoms with Gasteiger partial charge in [0.05, 0.1) is 6.54 Å². The van der Waals surface area contributed by atoms with E-state index >= 15 is 0 Å². The van der Waals surface area contributed by atoms with Crippen molar-refractivity contribution in [3.63, 3.8) is 0 Å². The van der Waals surface area contributed by atoms with Crippen molar-refractivity contribution in [1.29, 1.82) is 0 Å². The fourth-order valence-corrected chi connectivity index (χ4v) is 4.10. The Morgan fingerprint density at radius 3 is 2.56 bits per heavy atom. The number of ketones is 1. The van der Waals surface area contributed by atoms with Gasteiger partial charge in [0, 0.05) is 35.5 Å². The first-order chi connectivity index (χ1) is 17.7. The summed E-state index contributed by atoms with van der Waals surface area (Å²) in [5.74, 6) is 1.50. The molecule has 1 N–H and O–H groups in total. The second kappa shape index (κ2) is 10.8. The summed E-state index contributed by atoms with van der Waals surface area (Å²) in [5, 5.41) is 18.8. The Hall–Kier alpha value is -4.53. The molecule has 2 aromatic carbocycles. The Kier molecular flexibility index (Phi) is 6.98. The molecule has 3 heterocycles. The van der Waals surface area contributed by atoms with E-state index in [1.807, 2.05) is 41.1 Å². The summed E-state index contributed by atoms with van der Waals surface area (Å²) in [6.07, 6.45) is 7.54. The summed E-state index contributed by atoms with van der Waals surface area (Å²) < 4.78 is 1.86. The van der Waals surface area contributed by atoms with Gasteiger partial charge in [0.2, 0.25) is 11.6 Å². The molecular weight excluding hydrogens is 452 g/mol. The van der Waals surface area contributed by atoms with E-state index in [2.05, 4.69) is 54.7 Å². The maximum Gasteiger partial charge on any atom is 0.232 e. The molecule has 0 aliphatic rings. The van der Waals surface area contributed by atoms with Crippen LogP contribution < -0.4 is 0 Å². The molecular formula is C27H26N8O. The summed E-state index contributed by atoms with van der Waals surface area (Å²) in [6, 6.07) is 19.3. The van der Waals surface area contributed by atoms with Crippen LogP contribution in [0, 0.1) is 0 Å². The van der Waals surface area contributed by atoms with Crippen molar-refractivity contribution < 1.29 is 4.79 Å². The van der Waals surface area contributed by atoms with Crippen molar-refractivity contribution in [2.75, 3.05) is 0 Å². The molecule has 5 rings (SSSR count). The number of hydrogen-bond donors (Lipinski definition) is 1. The minimum Gasteiger partial charge on any atom is -0.285 e. The summed E-state index contributed by atoms with van der Waals surface area (Å²) in [4.78, 5) is 21.9. The van der Waals surface area contributed by atoms with Gasteiger partial charge in [-0.15, -0.1) is 10.2 Å². The van der Waals surface area contributed by atoms with Crippen molar-refractivity contribution in [2.24, 2.45) is 0 Å². The molecule has 0 saturated carbocycles. The molecule has 9 nitrogen and oxygen atoms in total. The number of aryl methyl sites for hydroxylation is 1. The number of pyridine rings is 1. The van der Waals surface area contributed by atoms with Crippen LogP contribution in [0.3, 0.4) is 0 Å². The van der Waals surface area contributed by atoms with Gasteiger partial charge in [-0.3, -0.25) is 9.78 Å². The molecule has 0 saturated heterocycles. The third kappa shape index (κ3) is 5.10. The van der Waals surface area contributed by atoms with E-state index in [1.165, 1.54) is 0 Å². The van der Waals surface area contributed by atoms with Crippen LogP contribution in [0.25, 0.3) is 22.5 Å². The molecule has 3 aromatic heterocycles. The molecule has 9 heteroatoms. The van der Waals surface area contributed by atoms with Gasteiger partial charge in [0.25, 0.3) is 0 Å². The number of H-pyrrole nitrogens is 1. The number of nitrogens with zero attached hydrogens (tertiary/aromatic N) is 7. The van der Waals surface area contributed by atoms with Gasteiger partial charge in [-0.05, 0) is 34.0 Å². The number of hydrogen-bond acceptors (Lipinski definition) is 7. The van der Waals surface area contributed by atoms with Gasteiger partial charge >= 0.3 is 0 Å². The number of unbranched alkanes of at least 4 members (excludes halogenated alkanes) is 2. The first-order valence-electron chi connectivity index (χ1n) is 12.0. The number of tetrazole rings is 1. The topological polar surface area (TPSA) is 115 Å². The van der Waals surface area contributed by atoms with Gasteiger partial charge in [0.1, 0.15) is 5.82 Å². The number of carbonyl (C=O) groups excluding carboxylic acids is 1. The van der Waals surface area contributed by atoms with Crippen LogP contribution in [-0.4, -0.2) is 46.2 Å². The zero-order chi connectivity index (χ0) is 24.7. The van der Waals surface area contributed by atoms with E-state index in [9.17, 15) is 4.79 Å². The highest BCUT2D eigenvalue weighted by atomic mass is 16.1. The molecule has 180 valence electrons. The van der Waals surface area contributed by atoms with Crippen molar-refractivity contribution in [3.05, 3.63) is 95.8 Å². The summed E-state index contributed by atoms with van der Waals surface area (Å²) in [5.41, 5.74) is 4.46. The Morgan fingerprint density at radius 1 is 0.972 bits per heavy atom. The van der Waals surface area contributed by atoms with Gasteiger partial charge < -0.3 is 0 Å². The molecule has 0 unspecified atom stereocenters. The molecule has 0 fully saturated rings. The average Bonchev–Trinajstić information content (AvgIpc) is 3.60. The van der Waals surface area contributed by atoms with E-state index in [0.717, 1.165) is 53.8 Å². The maximum absolute atomic E-state index is 13.0. The van der Waals surface area contributed by atoms with Gasteiger partial charge in [-0.25, -0.2) is 14.8 Å². The quantitative estimate of drug-likeness (QED) is 0.232. The zero-order valence-corrected chi connectivity index (χ0v) is 20.0. The monoisotopic (exact) mass is 478 g/mol. The molecule has 0 bridgehead atoms. The van der Waals surface area contributed by atoms with E-state index in [0.29, 0.717) is 17.9 Å². The smallest absolute Gasteiger partial charge is 0.232 e. The predicted octanol–water partition coefficient (Wildman–Crippen LogP) is 4.53. The molecule has 0 aliphatic carbocycles. The lowest BCUT2D eigenvalue weighted by Gasteiger charge is -2.09. The number of carbonyl (C=O) groups is 1. The van der Waals surface area contributed by atoms with Crippen LogP contribution in [0.15, 0.2) is 73.1 Å². The highest BCUT2D eigenvalue weighted by Gasteiger charge is 2.18. The number of benzene rings is 2. The van der Waals surface area contributed by atoms with Gasteiger partial charge in [-0.2, -0.15) is 0 Å². The van der Waals surface area contributed by atoms with Crippen LogP contribution in [0.5, 0.6) is 0 Å². The standard InChI is InChI=1S/C27H26N8O/c1-2-3-5-10-24-29-27(25(36)21-8-6-4-7-9-21)32-35(24)18-19-11-13-20(14-12-19)23-17-28-16-15-22(23)26-30-33-34-31-26/h4,6-9,11-17H,2-3,5,10,18H2,1H3,(H,30,31,33,34). The Balaban J connectivity index is 1.40. The molecule has 0 radical (unpaired) electrons. The Morgan fingerprint density at radius 2 is 1.81 bits per heavy atom. The first kappa shape index (κ1) is 23.2. The Bertz CT molecular complexity index is 1430. The van der Waals surface area contributed by atoms with E-state index in [4.69, 9.17) is 0 Å². The lowest BCUT2D eigenvalue weighted by molar-refractivity contribution is 0.102. The molecule has 5 aromatic rings. The Labute approximate surface area is 208 Å². The second-order valence-corrected chi connectivity index (χ2v) is 8.53. The summed E-state index contributed by atoms with van der Waals surface area (Å²) in [7, 11) is 0. The number of rotatable bonds is 10. The van der Waals surface area contributed by atoms with Crippen LogP contribution in [0.4, 0.5) is 0 Å². The summed E-state index contributed by atoms with van der Waals surface area (Å²) in [6.45, 7) is 2.70. The highest BCUT2D eigenvalue weighted by Crippen LogP contribution is 2.29. The van der Waals surface area contributed by atoms with Crippen LogP contribution in [0.2, 0.25) is 0 Å². The lowest BCUT2D eigenvalue weighted by Crippen LogP contribution is -2.08. The van der Waals surface area contributed by atoms with E-state index < -0.39 is 0 Å². The lowest BCUT2D eigenvalue weighted by atomic mass is 10.0. The first-order valence-corrected chi connectivity index (χ1v) is 12.0. The molecule has 0 aliphatic heterocycles. The van der Waals surface area contributed by atoms with E-state index in [1.54, 1.807) is 24.5 Å². The van der Waals surface area contributed by atoms with Crippen LogP contribution in [-0.2, 0) is 13.0 Å². The number of aromatic amines is 1. The highest BCUT2D eigenvalue weighted by molar-refractivity contribution is 6.06. The SMILES string of the molecule is CCCCCc1nc(C(=O)c2ccccc2)nn1Cc1ccc(-c2cnccc2-c2nnn[nH]2)cc1. The fourth-order valence-electron chi connectivity index (χ4n) is 4.10. The number of nitrogens with one attached hydrogen (secondary N) is 1. The maximum atomic E-state index is 13.0. The van der Waals surface area contributed by atoms with Crippen molar-refractivity contribution >= 4 is 5.78 Å². The molecule has 0 amide bonds. The van der Waals surface area contributed by atoms with Crippen LogP contribution in [0.1, 0.15) is 53.8 Å². The van der Waals surface area contributed by atoms with Gasteiger partial charge in [-0.1, -0.05) is 74.4 Å². The molecule has 0 atom stereocenters.